The summed E-state index contributed by atoms with van der Waals surface area (Å²) in [5.41, 5.74) is 2.10. The van der Waals surface area contributed by atoms with Gasteiger partial charge in [0.15, 0.2) is 9.84 Å². The Hall–Kier alpha value is -2.45. The van der Waals surface area contributed by atoms with E-state index in [-0.39, 0.29) is 4.90 Å². The second-order valence-corrected chi connectivity index (χ2v) is 10.6. The quantitative estimate of drug-likeness (QED) is 0.518. The minimum absolute atomic E-state index is 0.285. The van der Waals surface area contributed by atoms with Crippen LogP contribution in [0.4, 0.5) is 10.8 Å². The highest BCUT2D eigenvalue weighted by Gasteiger charge is 2.19. The minimum Gasteiger partial charge on any atom is -0.457 e. The average molecular weight is 444 g/mol. The van der Waals surface area contributed by atoms with Crippen LogP contribution in [0, 0.1) is 12.8 Å². The van der Waals surface area contributed by atoms with Crippen LogP contribution in [0.3, 0.4) is 0 Å². The molecule has 0 radical (unpaired) electrons. The standard InChI is InChI=1S/C22H25N3O3S2/c1-15-23-22(29-25-15)24-18-7-12-21(17(14-18)13-16-5-3-4-6-16)28-19-8-10-20(11-9-19)30(2,26)27/h7-12,14,16H,3-6,13H2,1-2H3,(H,23,24,25). The molecule has 3 aromatic rings. The summed E-state index contributed by atoms with van der Waals surface area (Å²) in [6.07, 6.45) is 7.23. The fourth-order valence-electron chi connectivity index (χ4n) is 3.79. The number of nitrogens with zero attached hydrogens (tertiary/aromatic N) is 2. The summed E-state index contributed by atoms with van der Waals surface area (Å²) in [5.74, 6) is 2.84. The molecular weight excluding hydrogens is 418 g/mol. The lowest BCUT2D eigenvalue weighted by atomic mass is 9.97. The Morgan fingerprint density at radius 3 is 2.50 bits per heavy atom. The van der Waals surface area contributed by atoms with Crippen LogP contribution in [0.5, 0.6) is 11.5 Å². The SMILES string of the molecule is Cc1nsc(Nc2ccc(Oc3ccc(S(C)(=O)=O)cc3)c(CC3CCCC3)c2)n1. The normalized spacial score (nSPS) is 14.7. The van der Waals surface area contributed by atoms with Gasteiger partial charge in [-0.3, -0.25) is 0 Å². The third kappa shape index (κ3) is 5.17. The van der Waals surface area contributed by atoms with Crippen molar-refractivity contribution >= 4 is 32.2 Å². The largest absolute Gasteiger partial charge is 0.457 e. The predicted octanol–water partition coefficient (Wildman–Crippen LogP) is 5.52. The van der Waals surface area contributed by atoms with Crippen LogP contribution in [0.25, 0.3) is 0 Å². The number of nitrogens with one attached hydrogen (secondary N) is 1. The van der Waals surface area contributed by atoms with Crippen molar-refractivity contribution in [2.75, 3.05) is 11.6 Å². The van der Waals surface area contributed by atoms with Crippen molar-refractivity contribution in [2.24, 2.45) is 5.92 Å². The van der Waals surface area contributed by atoms with Gasteiger partial charge in [-0.15, -0.1) is 0 Å². The zero-order valence-electron chi connectivity index (χ0n) is 17.1. The zero-order valence-corrected chi connectivity index (χ0v) is 18.7. The fraction of sp³-hybridized carbons (Fsp3) is 0.364. The van der Waals surface area contributed by atoms with Gasteiger partial charge in [0.05, 0.1) is 4.90 Å². The maximum absolute atomic E-state index is 11.7. The van der Waals surface area contributed by atoms with Gasteiger partial charge in [-0.25, -0.2) is 13.4 Å². The first kappa shape index (κ1) is 20.8. The Morgan fingerprint density at radius 2 is 1.87 bits per heavy atom. The van der Waals surface area contributed by atoms with Gasteiger partial charge in [-0.1, -0.05) is 25.7 Å². The summed E-state index contributed by atoms with van der Waals surface area (Å²) in [7, 11) is -3.22. The van der Waals surface area contributed by atoms with Crippen molar-refractivity contribution in [3.8, 4) is 11.5 Å². The molecule has 1 aliphatic rings. The Bertz CT molecular complexity index is 1120. The molecule has 1 heterocycles. The lowest BCUT2D eigenvalue weighted by molar-refractivity contribution is 0.463. The molecule has 1 aromatic heterocycles. The van der Waals surface area contributed by atoms with Crippen molar-refractivity contribution in [1.29, 1.82) is 0 Å². The van der Waals surface area contributed by atoms with Gasteiger partial charge in [-0.2, -0.15) is 4.37 Å². The number of rotatable bonds is 7. The number of ether oxygens (including phenoxy) is 1. The summed E-state index contributed by atoms with van der Waals surface area (Å²) >= 11 is 1.34. The third-order valence-electron chi connectivity index (χ3n) is 5.30. The summed E-state index contributed by atoms with van der Waals surface area (Å²) in [6, 6.07) is 12.6. The molecule has 1 saturated carbocycles. The Morgan fingerprint density at radius 1 is 1.13 bits per heavy atom. The van der Waals surface area contributed by atoms with E-state index in [1.807, 2.05) is 19.1 Å². The van der Waals surface area contributed by atoms with Gasteiger partial charge in [0.1, 0.15) is 17.3 Å². The van der Waals surface area contributed by atoms with E-state index in [9.17, 15) is 8.42 Å². The molecule has 1 aliphatic carbocycles. The summed E-state index contributed by atoms with van der Waals surface area (Å²) in [6.45, 7) is 1.87. The Balaban J connectivity index is 1.58. The Kier molecular flexibility index (Phi) is 6.06. The number of hydrogen-bond donors (Lipinski definition) is 1. The number of anilines is 2. The molecule has 1 fully saturated rings. The van der Waals surface area contributed by atoms with Gasteiger partial charge in [0, 0.05) is 23.5 Å². The molecule has 0 spiro atoms. The van der Waals surface area contributed by atoms with Gasteiger partial charge in [-0.05, 0) is 67.3 Å². The van der Waals surface area contributed by atoms with E-state index in [0.717, 1.165) is 34.4 Å². The minimum atomic E-state index is -3.22. The number of hydrogen-bond acceptors (Lipinski definition) is 7. The van der Waals surface area contributed by atoms with Crippen molar-refractivity contribution in [3.63, 3.8) is 0 Å². The molecule has 2 aromatic carbocycles. The van der Waals surface area contributed by atoms with Gasteiger partial charge >= 0.3 is 0 Å². The molecule has 0 bridgehead atoms. The second kappa shape index (κ2) is 8.73. The number of aromatic nitrogens is 2. The monoisotopic (exact) mass is 443 g/mol. The van der Waals surface area contributed by atoms with Crippen molar-refractivity contribution in [1.82, 2.24) is 9.36 Å². The molecule has 158 valence electrons. The van der Waals surface area contributed by atoms with Crippen molar-refractivity contribution in [3.05, 3.63) is 53.9 Å². The first-order valence-corrected chi connectivity index (χ1v) is 12.7. The van der Waals surface area contributed by atoms with E-state index in [2.05, 4.69) is 20.7 Å². The van der Waals surface area contributed by atoms with Crippen LogP contribution in [0.2, 0.25) is 0 Å². The highest BCUT2D eigenvalue weighted by Crippen LogP contribution is 2.35. The summed E-state index contributed by atoms with van der Waals surface area (Å²) in [5, 5.41) is 4.10. The molecule has 1 N–H and O–H groups in total. The van der Waals surface area contributed by atoms with Crippen LogP contribution < -0.4 is 10.1 Å². The summed E-state index contributed by atoms with van der Waals surface area (Å²) in [4.78, 5) is 4.66. The van der Waals surface area contributed by atoms with Crippen molar-refractivity contribution in [2.45, 2.75) is 43.9 Å². The molecule has 0 amide bonds. The maximum Gasteiger partial charge on any atom is 0.207 e. The van der Waals surface area contributed by atoms with Crippen LogP contribution in [-0.2, 0) is 16.3 Å². The third-order valence-corrected chi connectivity index (χ3v) is 7.15. The maximum atomic E-state index is 11.7. The molecule has 0 saturated heterocycles. The average Bonchev–Trinajstić information content (AvgIpc) is 3.35. The van der Waals surface area contributed by atoms with Crippen LogP contribution in [-0.4, -0.2) is 24.0 Å². The first-order chi connectivity index (χ1) is 14.4. The number of sulfone groups is 1. The number of aryl methyl sites for hydroxylation is 1. The smallest absolute Gasteiger partial charge is 0.207 e. The lowest BCUT2D eigenvalue weighted by Crippen LogP contribution is -2.02. The van der Waals surface area contributed by atoms with Gasteiger partial charge < -0.3 is 10.1 Å². The van der Waals surface area contributed by atoms with E-state index in [0.29, 0.717) is 11.7 Å². The molecule has 4 rings (SSSR count). The highest BCUT2D eigenvalue weighted by molar-refractivity contribution is 7.90. The van der Waals surface area contributed by atoms with Crippen LogP contribution in [0.15, 0.2) is 47.4 Å². The lowest BCUT2D eigenvalue weighted by Gasteiger charge is -2.16. The zero-order chi connectivity index (χ0) is 21.1. The van der Waals surface area contributed by atoms with E-state index in [1.54, 1.807) is 24.3 Å². The van der Waals surface area contributed by atoms with Crippen LogP contribution >= 0.6 is 11.5 Å². The van der Waals surface area contributed by atoms with E-state index in [1.165, 1.54) is 43.5 Å². The molecule has 0 atom stereocenters. The Labute approximate surface area is 181 Å². The van der Waals surface area contributed by atoms with Gasteiger partial charge in [0.25, 0.3) is 0 Å². The predicted molar refractivity (Wildman–Crippen MR) is 120 cm³/mol. The van der Waals surface area contributed by atoms with Crippen LogP contribution in [0.1, 0.15) is 37.1 Å². The van der Waals surface area contributed by atoms with Crippen molar-refractivity contribution < 1.29 is 13.2 Å². The molecular formula is C22H25N3O3S2. The molecule has 0 aliphatic heterocycles. The topological polar surface area (TPSA) is 81.2 Å². The van der Waals surface area contributed by atoms with Gasteiger partial charge in [0.2, 0.25) is 5.13 Å². The first-order valence-electron chi connectivity index (χ1n) is 10.0. The number of benzene rings is 2. The summed E-state index contributed by atoms with van der Waals surface area (Å²) < 4.78 is 33.7. The van der Waals surface area contributed by atoms with E-state index >= 15 is 0 Å². The molecule has 6 nitrogen and oxygen atoms in total. The molecule has 0 unspecified atom stereocenters. The highest BCUT2D eigenvalue weighted by atomic mass is 32.2. The van der Waals surface area contributed by atoms with E-state index < -0.39 is 9.84 Å². The molecule has 8 heteroatoms. The second-order valence-electron chi connectivity index (χ2n) is 7.79. The molecule has 30 heavy (non-hydrogen) atoms. The van der Waals surface area contributed by atoms with E-state index in [4.69, 9.17) is 4.74 Å². The fourth-order valence-corrected chi connectivity index (χ4v) is 5.02.